The molecule has 2 N–H and O–H groups in total. The number of hydrogen-bond donors (Lipinski definition) is 2. The lowest BCUT2D eigenvalue weighted by Gasteiger charge is -2.01. The van der Waals surface area contributed by atoms with Crippen molar-refractivity contribution in [1.82, 2.24) is 19.7 Å². The van der Waals surface area contributed by atoms with Crippen LogP contribution < -0.4 is 5.32 Å². The highest BCUT2D eigenvalue weighted by atomic mass is 35.5. The lowest BCUT2D eigenvalue weighted by Crippen LogP contribution is -2.14. The van der Waals surface area contributed by atoms with Gasteiger partial charge in [0, 0.05) is 6.20 Å². The van der Waals surface area contributed by atoms with Crippen molar-refractivity contribution in [2.24, 2.45) is 0 Å². The Hall–Kier alpha value is -2.48. The monoisotopic (exact) mass is 281 g/mol. The number of amides is 1. The number of nitrogens with zero attached hydrogens (tertiary/aromatic N) is 4. The molecule has 9 heteroatoms. The van der Waals surface area contributed by atoms with E-state index >= 15 is 0 Å². The van der Waals surface area contributed by atoms with Crippen molar-refractivity contribution < 1.29 is 14.7 Å². The molecule has 0 saturated carbocycles. The second kappa shape index (κ2) is 5.44. The average Bonchev–Trinajstić information content (AvgIpc) is 2.75. The summed E-state index contributed by atoms with van der Waals surface area (Å²) in [7, 11) is 0. The molecule has 0 aliphatic carbocycles. The SMILES string of the molecule is O=C(O)Cn1cc(NC(=O)c2cncc(Cl)n2)cn1. The Morgan fingerprint density at radius 3 is 2.84 bits per heavy atom. The molecule has 0 atom stereocenters. The standard InChI is InChI=1S/C10H8ClN5O3/c11-8-3-12-2-7(15-8)10(19)14-6-1-13-16(4-6)5-9(17)18/h1-4H,5H2,(H,14,19)(H,17,18). The molecule has 0 spiro atoms. The molecular formula is C10H8ClN5O3. The van der Waals surface area contributed by atoms with Gasteiger partial charge in [0.2, 0.25) is 0 Å². The number of hydrogen-bond acceptors (Lipinski definition) is 5. The number of nitrogens with one attached hydrogen (secondary N) is 1. The molecule has 98 valence electrons. The van der Waals surface area contributed by atoms with Gasteiger partial charge in [-0.1, -0.05) is 11.6 Å². The summed E-state index contributed by atoms with van der Waals surface area (Å²) in [6.45, 7) is -0.285. The van der Waals surface area contributed by atoms with Gasteiger partial charge in [-0.3, -0.25) is 19.3 Å². The molecule has 2 rings (SSSR count). The maximum absolute atomic E-state index is 11.8. The Bertz CT molecular complexity index is 627. The van der Waals surface area contributed by atoms with Gasteiger partial charge in [-0.2, -0.15) is 5.10 Å². The highest BCUT2D eigenvalue weighted by Gasteiger charge is 2.10. The number of carboxylic acids is 1. The van der Waals surface area contributed by atoms with E-state index in [1.165, 1.54) is 29.5 Å². The Morgan fingerprint density at radius 2 is 2.16 bits per heavy atom. The molecular weight excluding hydrogens is 274 g/mol. The van der Waals surface area contributed by atoms with Gasteiger partial charge >= 0.3 is 5.97 Å². The van der Waals surface area contributed by atoms with Gasteiger partial charge in [0.25, 0.3) is 5.91 Å². The Kier molecular flexibility index (Phi) is 3.71. The van der Waals surface area contributed by atoms with E-state index in [0.29, 0.717) is 5.69 Å². The zero-order valence-corrected chi connectivity index (χ0v) is 10.2. The quantitative estimate of drug-likeness (QED) is 0.852. The normalized spacial score (nSPS) is 10.2. The number of anilines is 1. The maximum Gasteiger partial charge on any atom is 0.325 e. The van der Waals surface area contributed by atoms with Gasteiger partial charge in [0.1, 0.15) is 17.4 Å². The van der Waals surface area contributed by atoms with E-state index in [1.54, 1.807) is 0 Å². The van der Waals surface area contributed by atoms with Crippen LogP contribution >= 0.6 is 11.6 Å². The molecule has 1 amide bonds. The number of rotatable bonds is 4. The van der Waals surface area contributed by atoms with E-state index in [4.69, 9.17) is 16.7 Å². The first-order chi connectivity index (χ1) is 9.04. The number of aliphatic carboxylic acids is 1. The third-order valence-electron chi connectivity index (χ3n) is 2.03. The van der Waals surface area contributed by atoms with E-state index in [-0.39, 0.29) is 17.4 Å². The van der Waals surface area contributed by atoms with Crippen molar-refractivity contribution in [2.75, 3.05) is 5.32 Å². The first kappa shape index (κ1) is 13.0. The Labute approximate surface area is 112 Å². The Balaban J connectivity index is 2.06. The minimum atomic E-state index is -1.03. The number of carboxylic acid groups (broad SMARTS) is 1. The highest BCUT2D eigenvalue weighted by molar-refractivity contribution is 6.29. The molecule has 0 aliphatic rings. The molecule has 0 unspecified atom stereocenters. The van der Waals surface area contributed by atoms with Crippen molar-refractivity contribution in [3.63, 3.8) is 0 Å². The largest absolute Gasteiger partial charge is 0.480 e. The maximum atomic E-state index is 11.8. The minimum absolute atomic E-state index is 0.0542. The molecule has 2 aromatic rings. The average molecular weight is 282 g/mol. The summed E-state index contributed by atoms with van der Waals surface area (Å²) in [5.74, 6) is -1.54. The molecule has 0 aliphatic heterocycles. The van der Waals surface area contributed by atoms with Gasteiger partial charge in [0.15, 0.2) is 0 Å². The predicted molar refractivity (Wildman–Crippen MR) is 64.9 cm³/mol. The number of carbonyl (C=O) groups is 2. The minimum Gasteiger partial charge on any atom is -0.480 e. The van der Waals surface area contributed by atoms with Gasteiger partial charge < -0.3 is 10.4 Å². The third kappa shape index (κ3) is 3.49. The summed E-state index contributed by atoms with van der Waals surface area (Å²) in [5.41, 5.74) is 0.409. The van der Waals surface area contributed by atoms with Gasteiger partial charge in [-0.05, 0) is 0 Å². The summed E-state index contributed by atoms with van der Waals surface area (Å²) in [6, 6.07) is 0. The molecule has 0 fully saturated rings. The molecule has 8 nitrogen and oxygen atoms in total. The molecule has 0 saturated heterocycles. The smallest absolute Gasteiger partial charge is 0.325 e. The van der Waals surface area contributed by atoms with Crippen molar-refractivity contribution in [3.8, 4) is 0 Å². The number of halogens is 1. The molecule has 2 heterocycles. The van der Waals surface area contributed by atoms with E-state index in [1.807, 2.05) is 0 Å². The van der Waals surface area contributed by atoms with Crippen molar-refractivity contribution in [3.05, 3.63) is 35.6 Å². The van der Waals surface area contributed by atoms with Crippen LogP contribution in [0.1, 0.15) is 10.5 Å². The molecule has 19 heavy (non-hydrogen) atoms. The predicted octanol–water partition coefficient (Wildman–Crippen LogP) is 0.663. The van der Waals surface area contributed by atoms with Gasteiger partial charge in [-0.15, -0.1) is 0 Å². The first-order valence-corrected chi connectivity index (χ1v) is 5.45. The summed E-state index contributed by atoms with van der Waals surface area (Å²) >= 11 is 5.62. The zero-order valence-electron chi connectivity index (χ0n) is 9.45. The lowest BCUT2D eigenvalue weighted by molar-refractivity contribution is -0.137. The van der Waals surface area contributed by atoms with E-state index in [2.05, 4.69) is 20.4 Å². The van der Waals surface area contributed by atoms with Crippen LogP contribution in [0.3, 0.4) is 0 Å². The van der Waals surface area contributed by atoms with Crippen molar-refractivity contribution in [2.45, 2.75) is 6.54 Å². The lowest BCUT2D eigenvalue weighted by atomic mass is 10.4. The third-order valence-corrected chi connectivity index (χ3v) is 2.21. The fourth-order valence-corrected chi connectivity index (χ4v) is 1.45. The van der Waals surface area contributed by atoms with Crippen LogP contribution in [0.15, 0.2) is 24.8 Å². The number of carbonyl (C=O) groups excluding carboxylic acids is 1. The van der Waals surface area contributed by atoms with Crippen LogP contribution in [0.2, 0.25) is 5.15 Å². The summed E-state index contributed by atoms with van der Waals surface area (Å²) in [5, 5.41) is 15.0. The topological polar surface area (TPSA) is 110 Å². The van der Waals surface area contributed by atoms with Crippen LogP contribution in [-0.2, 0) is 11.3 Å². The van der Waals surface area contributed by atoms with Crippen molar-refractivity contribution in [1.29, 1.82) is 0 Å². The highest BCUT2D eigenvalue weighted by Crippen LogP contribution is 2.08. The van der Waals surface area contributed by atoms with Crippen LogP contribution in [0.4, 0.5) is 5.69 Å². The fourth-order valence-electron chi connectivity index (χ4n) is 1.30. The zero-order chi connectivity index (χ0) is 13.8. The molecule has 2 aromatic heterocycles. The number of aromatic nitrogens is 4. The Morgan fingerprint density at radius 1 is 1.37 bits per heavy atom. The van der Waals surface area contributed by atoms with Gasteiger partial charge in [-0.25, -0.2) is 4.98 Å². The second-order valence-corrected chi connectivity index (χ2v) is 3.89. The first-order valence-electron chi connectivity index (χ1n) is 5.08. The van der Waals surface area contributed by atoms with E-state index < -0.39 is 11.9 Å². The summed E-state index contributed by atoms with van der Waals surface area (Å²) < 4.78 is 1.18. The van der Waals surface area contributed by atoms with Crippen LogP contribution in [0, 0.1) is 0 Å². The fraction of sp³-hybridized carbons (Fsp3) is 0.100. The van der Waals surface area contributed by atoms with Crippen LogP contribution in [-0.4, -0.2) is 36.7 Å². The van der Waals surface area contributed by atoms with Gasteiger partial charge in [0.05, 0.1) is 24.3 Å². The molecule has 0 aromatic carbocycles. The van der Waals surface area contributed by atoms with E-state index in [0.717, 1.165) is 0 Å². The summed E-state index contributed by atoms with van der Waals surface area (Å²) in [4.78, 5) is 29.8. The molecule has 0 bridgehead atoms. The molecule has 0 radical (unpaired) electrons. The van der Waals surface area contributed by atoms with Crippen LogP contribution in [0.5, 0.6) is 0 Å². The summed E-state index contributed by atoms with van der Waals surface area (Å²) in [6.07, 6.45) is 5.30. The van der Waals surface area contributed by atoms with E-state index in [9.17, 15) is 9.59 Å². The second-order valence-electron chi connectivity index (χ2n) is 3.50. The van der Waals surface area contributed by atoms with Crippen LogP contribution in [0.25, 0.3) is 0 Å². The van der Waals surface area contributed by atoms with Crippen molar-refractivity contribution >= 4 is 29.2 Å².